The van der Waals surface area contributed by atoms with E-state index >= 15 is 0 Å². The zero-order valence-corrected chi connectivity index (χ0v) is 64.2. The van der Waals surface area contributed by atoms with Gasteiger partial charge in [0.15, 0.2) is 0 Å². The molecule has 0 aliphatic heterocycles. The highest BCUT2D eigenvalue weighted by atomic mass is 16.3. The van der Waals surface area contributed by atoms with Crippen molar-refractivity contribution in [3.8, 4) is 22.3 Å². The average molecular weight is 1460 g/mol. The van der Waals surface area contributed by atoms with Gasteiger partial charge in [-0.15, -0.1) is 0 Å². The number of hydrogen-bond donors (Lipinski definition) is 0. The average Bonchev–Trinajstić information content (AvgIpc) is 0.842. The monoisotopic (exact) mass is 1450 g/mol. The minimum Gasteiger partial charge on any atom is -0.456 e. The van der Waals surface area contributed by atoms with E-state index in [0.717, 1.165) is 111 Å². The second kappa shape index (κ2) is 30.3. The van der Waals surface area contributed by atoms with Gasteiger partial charge in [0.25, 0.3) is 0 Å². The highest BCUT2D eigenvalue weighted by Gasteiger charge is 2.25. The quantitative estimate of drug-likeness (QED) is 0.0498. The van der Waals surface area contributed by atoms with Crippen LogP contribution in [0.3, 0.4) is 0 Å². The molecule has 0 amide bonds. The van der Waals surface area contributed by atoms with Crippen LogP contribution in [-0.2, 0) is 0 Å². The molecule has 16 aromatic carbocycles. The van der Waals surface area contributed by atoms with Gasteiger partial charge < -0.3 is 27.5 Å². The van der Waals surface area contributed by atoms with E-state index in [1.165, 1.54) is 164 Å². The summed E-state index contributed by atoms with van der Waals surface area (Å²) in [5, 5.41) is 18.8. The standard InChI is InChI=1S/C59H57NO2.C47H33NO2/c1-3-5-7-9-10-13-21-41(20-12-8-6-4-2)43-28-34-56-53(36-43)51-32-30-46(39-58(51)61-56)60(55-38-45-24-16-17-25-48(45)49-26-18-19-27-50(49)55)47-31-33-52-54-37-44(42-22-14-11-15-23-42)29-35-57(54)62-59(52)40-47;1-29(2)31-16-22-44-41(24-31)39-20-18-34(27-46(39)49-44)48(43-26-33-12-6-7-13-36(33)37-14-8-9-15-38(37)43)35-19-21-40-42-25-32(30-10-4-3-5-11-30)17-23-45(42)50-47(40)28-35/h11,14-19,22-41H,3-10,12-13,20-21H2,1-2H3;3-29H,1-2H3. The van der Waals surface area contributed by atoms with Gasteiger partial charge in [-0.3, -0.25) is 0 Å². The lowest BCUT2D eigenvalue weighted by molar-refractivity contribution is 0.491. The Labute approximate surface area is 653 Å². The molecule has 0 N–H and O–H groups in total. The second-order valence-electron chi connectivity index (χ2n) is 31.0. The Kier molecular flexibility index (Phi) is 18.9. The molecule has 1 atom stereocenters. The molecular weight excluding hydrogens is 1370 g/mol. The first-order valence-corrected chi connectivity index (χ1v) is 40.6. The van der Waals surface area contributed by atoms with Crippen LogP contribution in [0.25, 0.3) is 153 Å². The molecule has 0 fully saturated rings. The van der Waals surface area contributed by atoms with Crippen molar-refractivity contribution in [2.45, 2.75) is 117 Å². The van der Waals surface area contributed by atoms with Gasteiger partial charge in [-0.25, -0.2) is 0 Å². The Morgan fingerprint density at radius 2 is 0.562 bits per heavy atom. The Morgan fingerprint density at radius 3 is 0.973 bits per heavy atom. The molecule has 6 nitrogen and oxygen atoms in total. The number of furan rings is 4. The number of benzene rings is 16. The van der Waals surface area contributed by atoms with Crippen LogP contribution < -0.4 is 9.80 Å². The fourth-order valence-corrected chi connectivity index (χ4v) is 17.6. The molecule has 1 unspecified atom stereocenters. The Balaban J connectivity index is 0.000000154. The summed E-state index contributed by atoms with van der Waals surface area (Å²) in [6.07, 6.45) is 15.8. The second-order valence-corrected chi connectivity index (χ2v) is 31.0. The van der Waals surface area contributed by atoms with E-state index in [1.807, 2.05) is 0 Å². The molecule has 0 radical (unpaired) electrons. The molecule has 0 spiro atoms. The zero-order valence-electron chi connectivity index (χ0n) is 64.2. The summed E-state index contributed by atoms with van der Waals surface area (Å²) in [6.45, 7) is 9.07. The van der Waals surface area contributed by atoms with Crippen molar-refractivity contribution in [1.29, 1.82) is 0 Å². The first-order chi connectivity index (χ1) is 55.2. The lowest BCUT2D eigenvalue weighted by Gasteiger charge is -2.27. The van der Waals surface area contributed by atoms with Gasteiger partial charge >= 0.3 is 0 Å². The first kappa shape index (κ1) is 69.8. The number of nitrogens with zero attached hydrogens (tertiary/aromatic N) is 2. The lowest BCUT2D eigenvalue weighted by Crippen LogP contribution is -2.10. The number of fused-ring (bicyclic) bond motifs is 18. The van der Waals surface area contributed by atoms with Crippen molar-refractivity contribution in [3.63, 3.8) is 0 Å². The third kappa shape index (κ3) is 13.2. The van der Waals surface area contributed by atoms with E-state index in [2.05, 4.69) is 353 Å². The molecule has 0 saturated heterocycles. The van der Waals surface area contributed by atoms with Crippen LogP contribution in [0.15, 0.2) is 333 Å². The maximum atomic E-state index is 6.77. The molecule has 6 heteroatoms. The summed E-state index contributed by atoms with van der Waals surface area (Å²) >= 11 is 0. The van der Waals surface area contributed by atoms with Crippen LogP contribution in [-0.4, -0.2) is 0 Å². The van der Waals surface area contributed by atoms with Gasteiger partial charge in [-0.1, -0.05) is 274 Å². The molecule has 112 heavy (non-hydrogen) atoms. The van der Waals surface area contributed by atoms with Gasteiger partial charge in [0.05, 0.1) is 11.4 Å². The lowest BCUT2D eigenvalue weighted by atomic mass is 9.87. The molecule has 20 rings (SSSR count). The number of hydrogen-bond acceptors (Lipinski definition) is 6. The topological polar surface area (TPSA) is 59.0 Å². The predicted octanol–water partition coefficient (Wildman–Crippen LogP) is 32.8. The van der Waals surface area contributed by atoms with Crippen molar-refractivity contribution in [2.24, 2.45) is 0 Å². The molecule has 4 heterocycles. The molecule has 0 saturated carbocycles. The Morgan fingerprint density at radius 1 is 0.232 bits per heavy atom. The van der Waals surface area contributed by atoms with Crippen molar-refractivity contribution < 1.29 is 17.7 Å². The SMILES string of the molecule is CC(C)c1ccc2oc3cc(N(c4ccc5c(c4)oc4ccc(-c6ccccc6)cc45)c4cc5ccccc5c5ccccc45)ccc3c2c1.CCCCCCCCC(CCCCCC)c1ccc2oc3cc(N(c4ccc5c(c4)oc4ccc(-c6ccccc6)cc45)c4cc5ccccc5c5ccccc45)ccc3c2c1. The number of unbranched alkanes of at least 4 members (excludes halogenated alkanes) is 8. The fraction of sp³-hybridized carbons (Fsp3) is 0.170. The summed E-state index contributed by atoms with van der Waals surface area (Å²) in [5.74, 6) is 1.03. The normalized spacial score (nSPS) is 12.2. The predicted molar refractivity (Wildman–Crippen MR) is 476 cm³/mol. The van der Waals surface area contributed by atoms with Gasteiger partial charge in [0.2, 0.25) is 0 Å². The summed E-state index contributed by atoms with van der Waals surface area (Å²) in [4.78, 5) is 4.74. The van der Waals surface area contributed by atoms with Crippen LogP contribution in [0.5, 0.6) is 0 Å². The van der Waals surface area contributed by atoms with Crippen molar-refractivity contribution >= 4 is 165 Å². The van der Waals surface area contributed by atoms with Crippen LogP contribution >= 0.6 is 0 Å². The molecule has 548 valence electrons. The molecule has 20 aromatic rings. The summed E-state index contributed by atoms with van der Waals surface area (Å²) in [6, 6.07) is 114. The minimum atomic E-state index is 0.443. The van der Waals surface area contributed by atoms with E-state index in [-0.39, 0.29) is 0 Å². The molecular formula is C106H90N2O4. The van der Waals surface area contributed by atoms with Gasteiger partial charge in [-0.05, 0) is 200 Å². The van der Waals surface area contributed by atoms with Crippen LogP contribution in [0.2, 0.25) is 0 Å². The number of anilines is 6. The molecule has 0 aliphatic carbocycles. The van der Waals surface area contributed by atoms with E-state index in [9.17, 15) is 0 Å². The Hall–Kier alpha value is -12.6. The van der Waals surface area contributed by atoms with E-state index in [1.54, 1.807) is 0 Å². The number of rotatable bonds is 22. The van der Waals surface area contributed by atoms with Crippen LogP contribution in [0, 0.1) is 0 Å². The van der Waals surface area contributed by atoms with Crippen molar-refractivity contribution in [1.82, 2.24) is 0 Å². The summed E-state index contributed by atoms with van der Waals surface area (Å²) in [5.41, 5.74) is 20.9. The minimum absolute atomic E-state index is 0.443. The van der Waals surface area contributed by atoms with Gasteiger partial charge in [-0.2, -0.15) is 0 Å². The maximum absolute atomic E-state index is 6.77. The Bertz CT molecular complexity index is 6870. The molecule has 4 aromatic heterocycles. The highest BCUT2D eigenvalue weighted by molar-refractivity contribution is 6.18. The smallest absolute Gasteiger partial charge is 0.137 e. The van der Waals surface area contributed by atoms with E-state index in [4.69, 9.17) is 17.7 Å². The van der Waals surface area contributed by atoms with Crippen LogP contribution in [0.1, 0.15) is 128 Å². The van der Waals surface area contributed by atoms with Crippen LogP contribution in [0.4, 0.5) is 34.1 Å². The van der Waals surface area contributed by atoms with Crippen molar-refractivity contribution in [2.75, 3.05) is 9.80 Å². The van der Waals surface area contributed by atoms with Crippen molar-refractivity contribution in [3.05, 3.63) is 327 Å². The zero-order chi connectivity index (χ0) is 75.2. The third-order valence-corrected chi connectivity index (χ3v) is 23.5. The third-order valence-electron chi connectivity index (χ3n) is 23.5. The first-order valence-electron chi connectivity index (χ1n) is 40.6. The van der Waals surface area contributed by atoms with Gasteiger partial charge in [0.1, 0.15) is 44.7 Å². The molecule has 0 aliphatic rings. The fourth-order valence-electron chi connectivity index (χ4n) is 17.6. The van der Waals surface area contributed by atoms with Gasteiger partial charge in [0, 0.05) is 101 Å². The largest absolute Gasteiger partial charge is 0.456 e. The highest BCUT2D eigenvalue weighted by Crippen LogP contribution is 2.49. The summed E-state index contributed by atoms with van der Waals surface area (Å²) < 4.78 is 26.5. The summed E-state index contributed by atoms with van der Waals surface area (Å²) in [7, 11) is 0. The van der Waals surface area contributed by atoms with E-state index < -0.39 is 0 Å². The molecule has 0 bridgehead atoms. The van der Waals surface area contributed by atoms with E-state index in [0.29, 0.717) is 11.8 Å². The maximum Gasteiger partial charge on any atom is 0.137 e.